The SMILES string of the molecule is CCC(C)NC(C)C(=O)OC(C)CCCC(C)N[C@@H](C)C(=O)OC. The number of rotatable bonds is 12. The van der Waals surface area contributed by atoms with Crippen molar-refractivity contribution in [2.45, 2.75) is 97.5 Å². The van der Waals surface area contributed by atoms with E-state index in [0.717, 1.165) is 25.7 Å². The van der Waals surface area contributed by atoms with E-state index in [2.05, 4.69) is 24.5 Å². The van der Waals surface area contributed by atoms with Crippen molar-refractivity contribution in [3.8, 4) is 0 Å². The smallest absolute Gasteiger partial charge is 0.323 e. The van der Waals surface area contributed by atoms with E-state index in [9.17, 15) is 9.59 Å². The van der Waals surface area contributed by atoms with E-state index in [1.54, 1.807) is 6.92 Å². The molecule has 2 N–H and O–H groups in total. The number of carbonyl (C=O) groups excluding carboxylic acids is 2. The third-order valence-corrected chi connectivity index (χ3v) is 4.15. The maximum Gasteiger partial charge on any atom is 0.323 e. The maximum absolute atomic E-state index is 12.0. The Morgan fingerprint density at radius 1 is 0.875 bits per heavy atom. The minimum Gasteiger partial charge on any atom is -0.468 e. The van der Waals surface area contributed by atoms with Gasteiger partial charge in [0.15, 0.2) is 0 Å². The standard InChI is InChI=1S/C18H36N2O4/c1-8-12(2)19-16(6)18(22)24-14(4)11-9-10-13(3)20-15(5)17(21)23-7/h12-16,19-20H,8-11H2,1-7H3/t12?,13?,14?,15-,16?/m0/s1. The highest BCUT2D eigenvalue weighted by molar-refractivity contribution is 5.75. The number of methoxy groups -OCH3 is 1. The van der Waals surface area contributed by atoms with Crippen LogP contribution >= 0.6 is 0 Å². The van der Waals surface area contributed by atoms with E-state index in [0.29, 0.717) is 6.04 Å². The summed E-state index contributed by atoms with van der Waals surface area (Å²) in [5.74, 6) is -0.458. The Morgan fingerprint density at radius 2 is 1.42 bits per heavy atom. The van der Waals surface area contributed by atoms with Gasteiger partial charge in [-0.25, -0.2) is 0 Å². The molecule has 0 rings (SSSR count). The van der Waals surface area contributed by atoms with Crippen molar-refractivity contribution in [1.29, 1.82) is 0 Å². The number of nitrogens with one attached hydrogen (secondary N) is 2. The fourth-order valence-electron chi connectivity index (χ4n) is 2.44. The van der Waals surface area contributed by atoms with Crippen LogP contribution in [0.4, 0.5) is 0 Å². The molecule has 0 amide bonds. The zero-order chi connectivity index (χ0) is 18.7. The molecule has 0 bridgehead atoms. The zero-order valence-electron chi connectivity index (χ0n) is 16.3. The fourth-order valence-corrected chi connectivity index (χ4v) is 2.44. The van der Waals surface area contributed by atoms with Gasteiger partial charge in [-0.3, -0.25) is 9.59 Å². The maximum atomic E-state index is 12.0. The summed E-state index contributed by atoms with van der Waals surface area (Å²) in [7, 11) is 1.39. The summed E-state index contributed by atoms with van der Waals surface area (Å²) in [5, 5.41) is 6.42. The molecule has 0 radical (unpaired) electrons. The number of esters is 2. The molecule has 0 aromatic carbocycles. The van der Waals surface area contributed by atoms with E-state index in [1.807, 2.05) is 20.8 Å². The van der Waals surface area contributed by atoms with Gasteiger partial charge in [0.2, 0.25) is 0 Å². The molecule has 0 heterocycles. The predicted molar refractivity (Wildman–Crippen MR) is 95.8 cm³/mol. The highest BCUT2D eigenvalue weighted by atomic mass is 16.5. The summed E-state index contributed by atoms with van der Waals surface area (Å²) in [6, 6.07) is -0.101. The minimum absolute atomic E-state index is 0.107. The van der Waals surface area contributed by atoms with Gasteiger partial charge in [-0.15, -0.1) is 0 Å². The molecule has 0 aromatic heterocycles. The summed E-state index contributed by atoms with van der Waals surface area (Å²) < 4.78 is 10.2. The van der Waals surface area contributed by atoms with E-state index in [-0.39, 0.29) is 36.2 Å². The number of hydrogen-bond acceptors (Lipinski definition) is 6. The van der Waals surface area contributed by atoms with Crippen LogP contribution < -0.4 is 10.6 Å². The van der Waals surface area contributed by atoms with Crippen LogP contribution in [0.15, 0.2) is 0 Å². The Labute approximate surface area is 147 Å². The number of carbonyl (C=O) groups is 2. The number of ether oxygens (including phenoxy) is 2. The van der Waals surface area contributed by atoms with Crippen LogP contribution in [0.2, 0.25) is 0 Å². The Hall–Kier alpha value is -1.14. The van der Waals surface area contributed by atoms with Crippen molar-refractivity contribution in [2.75, 3.05) is 7.11 Å². The lowest BCUT2D eigenvalue weighted by molar-refractivity contribution is -0.151. The van der Waals surface area contributed by atoms with Crippen molar-refractivity contribution in [2.24, 2.45) is 0 Å². The molecule has 0 spiro atoms. The van der Waals surface area contributed by atoms with Crippen LogP contribution in [0.5, 0.6) is 0 Å². The molecule has 0 aromatic rings. The molecular formula is C18H36N2O4. The monoisotopic (exact) mass is 344 g/mol. The van der Waals surface area contributed by atoms with Gasteiger partial charge < -0.3 is 20.1 Å². The Kier molecular flexibility index (Phi) is 11.7. The summed E-state index contributed by atoms with van der Waals surface area (Å²) >= 11 is 0. The topological polar surface area (TPSA) is 76.7 Å². The van der Waals surface area contributed by atoms with Crippen LogP contribution in [0.25, 0.3) is 0 Å². The second kappa shape index (κ2) is 12.3. The average Bonchev–Trinajstić information content (AvgIpc) is 2.53. The summed E-state index contributed by atoms with van der Waals surface area (Å²) in [4.78, 5) is 23.4. The van der Waals surface area contributed by atoms with Crippen molar-refractivity contribution in [3.05, 3.63) is 0 Å². The Balaban J connectivity index is 3.98. The largest absolute Gasteiger partial charge is 0.468 e. The van der Waals surface area contributed by atoms with E-state index >= 15 is 0 Å². The second-order valence-electron chi connectivity index (χ2n) is 6.69. The first-order valence-electron chi connectivity index (χ1n) is 9.01. The highest BCUT2D eigenvalue weighted by Crippen LogP contribution is 2.09. The van der Waals surface area contributed by atoms with Gasteiger partial charge in [0.1, 0.15) is 12.1 Å². The van der Waals surface area contributed by atoms with Gasteiger partial charge in [0.25, 0.3) is 0 Å². The lowest BCUT2D eigenvalue weighted by atomic mass is 10.1. The molecule has 0 aliphatic carbocycles. The van der Waals surface area contributed by atoms with Crippen LogP contribution in [-0.2, 0) is 19.1 Å². The first kappa shape index (κ1) is 22.9. The minimum atomic E-state index is -0.312. The van der Waals surface area contributed by atoms with Crippen molar-refractivity contribution in [1.82, 2.24) is 10.6 Å². The second-order valence-corrected chi connectivity index (χ2v) is 6.69. The Bertz CT molecular complexity index is 376. The van der Waals surface area contributed by atoms with E-state index in [4.69, 9.17) is 9.47 Å². The van der Waals surface area contributed by atoms with Crippen molar-refractivity contribution >= 4 is 11.9 Å². The van der Waals surface area contributed by atoms with Crippen molar-refractivity contribution < 1.29 is 19.1 Å². The first-order chi connectivity index (χ1) is 11.2. The molecule has 6 nitrogen and oxygen atoms in total. The van der Waals surface area contributed by atoms with Gasteiger partial charge in [-0.1, -0.05) is 6.92 Å². The van der Waals surface area contributed by atoms with Crippen molar-refractivity contribution in [3.63, 3.8) is 0 Å². The van der Waals surface area contributed by atoms with E-state index in [1.165, 1.54) is 7.11 Å². The zero-order valence-corrected chi connectivity index (χ0v) is 16.3. The average molecular weight is 344 g/mol. The molecule has 142 valence electrons. The molecule has 0 saturated carbocycles. The molecule has 5 atom stereocenters. The quantitative estimate of drug-likeness (QED) is 0.530. The Morgan fingerprint density at radius 3 is 1.96 bits per heavy atom. The normalized spacial score (nSPS) is 17.5. The van der Waals surface area contributed by atoms with Crippen LogP contribution in [0, 0.1) is 0 Å². The summed E-state index contributed by atoms with van der Waals surface area (Å²) in [6.45, 7) is 11.7. The molecule has 0 aliphatic heterocycles. The van der Waals surface area contributed by atoms with Gasteiger partial charge >= 0.3 is 11.9 Å². The van der Waals surface area contributed by atoms with Gasteiger partial charge in [-0.05, 0) is 60.3 Å². The lowest BCUT2D eigenvalue weighted by Gasteiger charge is -2.21. The van der Waals surface area contributed by atoms with Crippen LogP contribution in [0.3, 0.4) is 0 Å². The molecule has 24 heavy (non-hydrogen) atoms. The molecule has 4 unspecified atom stereocenters. The predicted octanol–water partition coefficient (Wildman–Crippen LogP) is 2.40. The number of hydrogen-bond donors (Lipinski definition) is 2. The first-order valence-corrected chi connectivity index (χ1v) is 9.01. The van der Waals surface area contributed by atoms with Gasteiger partial charge in [0.05, 0.1) is 13.2 Å². The molecule has 0 fully saturated rings. The van der Waals surface area contributed by atoms with Gasteiger partial charge in [-0.2, -0.15) is 0 Å². The highest BCUT2D eigenvalue weighted by Gasteiger charge is 2.19. The fraction of sp³-hybridized carbons (Fsp3) is 0.889. The molecule has 6 heteroatoms. The molecule has 0 saturated heterocycles. The van der Waals surface area contributed by atoms with Crippen LogP contribution in [0.1, 0.15) is 67.2 Å². The van der Waals surface area contributed by atoms with E-state index < -0.39 is 0 Å². The summed E-state index contributed by atoms with van der Waals surface area (Å²) in [5.41, 5.74) is 0. The lowest BCUT2D eigenvalue weighted by Crippen LogP contribution is -2.41. The summed E-state index contributed by atoms with van der Waals surface area (Å²) in [6.07, 6.45) is 3.50. The third kappa shape index (κ3) is 9.88. The molecule has 0 aliphatic rings. The molecular weight excluding hydrogens is 308 g/mol. The van der Waals surface area contributed by atoms with Gasteiger partial charge in [0, 0.05) is 12.1 Å². The van der Waals surface area contributed by atoms with Crippen LogP contribution in [-0.4, -0.2) is 49.3 Å². The third-order valence-electron chi connectivity index (χ3n) is 4.15.